The number of nitrogen functional groups attached to an aromatic ring is 1. The van der Waals surface area contributed by atoms with Gasteiger partial charge in [0.15, 0.2) is 11.3 Å². The number of nitrogens with two attached hydrogens (primary N) is 1. The summed E-state index contributed by atoms with van der Waals surface area (Å²) >= 11 is 5.42. The molecule has 0 saturated carbocycles. The van der Waals surface area contributed by atoms with Gasteiger partial charge in [0.2, 0.25) is 4.77 Å². The molecule has 23 heavy (non-hydrogen) atoms. The van der Waals surface area contributed by atoms with E-state index in [2.05, 4.69) is 15.0 Å². The van der Waals surface area contributed by atoms with Crippen molar-refractivity contribution in [1.29, 1.82) is 0 Å². The monoisotopic (exact) mass is 322 g/mol. The van der Waals surface area contributed by atoms with Crippen molar-refractivity contribution in [2.45, 2.75) is 6.92 Å². The molecule has 0 aliphatic heterocycles. The molecule has 7 heteroatoms. The van der Waals surface area contributed by atoms with E-state index in [4.69, 9.17) is 18.0 Å². The molecule has 0 spiro atoms. The predicted octanol–water partition coefficient (Wildman–Crippen LogP) is 2.93. The molecule has 0 fully saturated rings. The molecule has 0 aliphatic rings. The van der Waals surface area contributed by atoms with Crippen molar-refractivity contribution in [2.24, 2.45) is 7.05 Å². The summed E-state index contributed by atoms with van der Waals surface area (Å²) in [5.74, 6) is 1.40. The number of nitrogens with zero attached hydrogens (tertiary/aromatic N) is 5. The van der Waals surface area contributed by atoms with Crippen LogP contribution in [0.4, 0.5) is 5.82 Å². The fourth-order valence-corrected chi connectivity index (χ4v) is 2.97. The Morgan fingerprint density at radius 1 is 1.09 bits per heavy atom. The van der Waals surface area contributed by atoms with Gasteiger partial charge in [-0.25, -0.2) is 9.97 Å². The van der Waals surface area contributed by atoms with Gasteiger partial charge in [-0.15, -0.1) is 0 Å². The number of anilines is 1. The lowest BCUT2D eigenvalue weighted by molar-refractivity contribution is 0.874. The van der Waals surface area contributed by atoms with Crippen molar-refractivity contribution >= 4 is 40.2 Å². The van der Waals surface area contributed by atoms with Gasteiger partial charge in [-0.2, -0.15) is 4.98 Å². The van der Waals surface area contributed by atoms with E-state index in [9.17, 15) is 0 Å². The van der Waals surface area contributed by atoms with E-state index in [-0.39, 0.29) is 0 Å². The molecule has 0 bridgehead atoms. The minimum absolute atomic E-state index is 0.381. The van der Waals surface area contributed by atoms with E-state index in [1.54, 1.807) is 4.57 Å². The molecule has 1 aromatic carbocycles. The lowest BCUT2D eigenvalue weighted by Gasteiger charge is -2.12. The van der Waals surface area contributed by atoms with Crippen LogP contribution < -0.4 is 5.73 Å². The second kappa shape index (κ2) is 4.85. The maximum Gasteiger partial charge on any atom is 0.207 e. The van der Waals surface area contributed by atoms with Crippen molar-refractivity contribution in [1.82, 2.24) is 24.1 Å². The number of rotatable bonds is 1. The second-order valence-corrected chi connectivity index (χ2v) is 5.74. The third-order valence-electron chi connectivity index (χ3n) is 3.97. The highest BCUT2D eigenvalue weighted by Crippen LogP contribution is 2.25. The Bertz CT molecular complexity index is 1110. The van der Waals surface area contributed by atoms with Crippen LogP contribution in [0, 0.1) is 11.7 Å². The number of para-hydroxylation sites is 1. The van der Waals surface area contributed by atoms with Gasteiger partial charge in [0.25, 0.3) is 0 Å². The highest BCUT2D eigenvalue weighted by molar-refractivity contribution is 7.71. The summed E-state index contributed by atoms with van der Waals surface area (Å²) in [6.07, 6.45) is 0. The summed E-state index contributed by atoms with van der Waals surface area (Å²) in [5, 5.41) is 0.744. The fraction of sp³-hybridized carbons (Fsp3) is 0.125. The zero-order valence-corrected chi connectivity index (χ0v) is 13.5. The predicted molar refractivity (Wildman–Crippen MR) is 93.1 cm³/mol. The number of aromatic nitrogens is 5. The van der Waals surface area contributed by atoms with Crippen LogP contribution >= 0.6 is 12.2 Å². The largest absolute Gasteiger partial charge is 0.384 e. The molecule has 0 atom stereocenters. The summed E-state index contributed by atoms with van der Waals surface area (Å²) in [6, 6.07) is 11.6. The molecule has 0 aliphatic carbocycles. The average Bonchev–Trinajstić information content (AvgIpc) is 2.82. The van der Waals surface area contributed by atoms with Gasteiger partial charge in [0, 0.05) is 12.7 Å². The Morgan fingerprint density at radius 2 is 1.83 bits per heavy atom. The molecule has 0 radical (unpaired) electrons. The van der Waals surface area contributed by atoms with Gasteiger partial charge < -0.3 is 10.3 Å². The Morgan fingerprint density at radius 3 is 2.57 bits per heavy atom. The summed E-state index contributed by atoms with van der Waals surface area (Å²) in [7, 11) is 1.93. The lowest BCUT2D eigenvalue weighted by atomic mass is 10.2. The smallest absolute Gasteiger partial charge is 0.207 e. The minimum atomic E-state index is 0.381. The quantitative estimate of drug-likeness (QED) is 0.545. The van der Waals surface area contributed by atoms with E-state index < -0.39 is 0 Å². The number of hydrogen-bond acceptors (Lipinski definition) is 5. The number of aryl methyl sites for hydroxylation is 2. The molecule has 4 rings (SSSR count). The zero-order chi connectivity index (χ0) is 16.1. The van der Waals surface area contributed by atoms with Crippen LogP contribution in [-0.2, 0) is 7.05 Å². The molecule has 4 aromatic rings. The Labute approximate surface area is 137 Å². The Kier molecular flexibility index (Phi) is 2.92. The zero-order valence-electron chi connectivity index (χ0n) is 12.7. The maximum absolute atomic E-state index is 6.37. The molecule has 2 N–H and O–H groups in total. The highest BCUT2D eigenvalue weighted by Gasteiger charge is 2.13. The van der Waals surface area contributed by atoms with E-state index in [1.807, 2.05) is 54.9 Å². The van der Waals surface area contributed by atoms with Crippen LogP contribution in [0.25, 0.3) is 27.9 Å². The number of hydrogen-bond donors (Lipinski definition) is 1. The van der Waals surface area contributed by atoms with Crippen LogP contribution in [0.15, 0.2) is 36.4 Å². The maximum atomic E-state index is 6.37. The molecule has 6 nitrogen and oxygen atoms in total. The Balaban J connectivity index is 2.12. The summed E-state index contributed by atoms with van der Waals surface area (Å²) in [5.41, 5.74) is 9.35. The van der Waals surface area contributed by atoms with Gasteiger partial charge in [0.1, 0.15) is 17.2 Å². The first kappa shape index (κ1) is 13.8. The fourth-order valence-electron chi connectivity index (χ4n) is 2.68. The number of benzene rings is 1. The first-order valence-corrected chi connectivity index (χ1v) is 7.55. The standard InChI is InChI=1S/C16H14N6S/c1-9-18-12-8-11-13(17)22(10-6-4-3-5-7-10)16(23)20-14(11)19-15(12)21(9)2/h3-8H,17H2,1-2H3. The first-order chi connectivity index (χ1) is 11.1. The highest BCUT2D eigenvalue weighted by atomic mass is 32.1. The normalized spacial score (nSPS) is 11.4. The van der Waals surface area contributed by atoms with Gasteiger partial charge in [-0.1, -0.05) is 18.2 Å². The summed E-state index contributed by atoms with van der Waals surface area (Å²) in [6.45, 7) is 1.94. The number of imidazole rings is 1. The molecule has 0 amide bonds. The topological polar surface area (TPSA) is 74.6 Å². The molecular formula is C16H14N6S. The van der Waals surface area contributed by atoms with Crippen LogP contribution in [-0.4, -0.2) is 24.1 Å². The molecular weight excluding hydrogens is 308 g/mol. The van der Waals surface area contributed by atoms with Crippen LogP contribution in [0.2, 0.25) is 0 Å². The number of fused-ring (bicyclic) bond motifs is 2. The Hall–Kier alpha value is -2.80. The third-order valence-corrected chi connectivity index (χ3v) is 4.25. The lowest BCUT2D eigenvalue weighted by Crippen LogP contribution is -2.08. The second-order valence-electron chi connectivity index (χ2n) is 5.37. The summed E-state index contributed by atoms with van der Waals surface area (Å²) in [4.78, 5) is 13.6. The van der Waals surface area contributed by atoms with Gasteiger partial charge in [0.05, 0.1) is 5.39 Å². The molecule has 114 valence electrons. The van der Waals surface area contributed by atoms with Crippen LogP contribution in [0.3, 0.4) is 0 Å². The van der Waals surface area contributed by atoms with Gasteiger partial charge in [-0.05, 0) is 37.3 Å². The molecule has 3 heterocycles. The van der Waals surface area contributed by atoms with Crippen LogP contribution in [0.1, 0.15) is 5.82 Å². The number of pyridine rings is 1. The molecule has 0 unspecified atom stereocenters. The van der Waals surface area contributed by atoms with Crippen LogP contribution in [0.5, 0.6) is 0 Å². The van der Waals surface area contributed by atoms with E-state index in [0.29, 0.717) is 16.2 Å². The van der Waals surface area contributed by atoms with E-state index in [1.165, 1.54) is 0 Å². The van der Waals surface area contributed by atoms with Gasteiger partial charge in [-0.3, -0.25) is 4.57 Å². The van der Waals surface area contributed by atoms with Crippen molar-refractivity contribution in [3.05, 3.63) is 47.0 Å². The third kappa shape index (κ3) is 2.01. The summed E-state index contributed by atoms with van der Waals surface area (Å²) < 4.78 is 4.06. The average molecular weight is 322 g/mol. The first-order valence-electron chi connectivity index (χ1n) is 7.14. The van der Waals surface area contributed by atoms with Gasteiger partial charge >= 0.3 is 0 Å². The van der Waals surface area contributed by atoms with Crippen molar-refractivity contribution in [2.75, 3.05) is 5.73 Å². The van der Waals surface area contributed by atoms with E-state index >= 15 is 0 Å². The van der Waals surface area contributed by atoms with Crippen molar-refractivity contribution in [3.63, 3.8) is 0 Å². The molecule has 0 saturated heterocycles. The minimum Gasteiger partial charge on any atom is -0.384 e. The van der Waals surface area contributed by atoms with E-state index in [0.717, 1.165) is 28.1 Å². The van der Waals surface area contributed by atoms with Crippen molar-refractivity contribution in [3.8, 4) is 5.69 Å². The SMILES string of the molecule is Cc1nc2cc3c(N)n(-c4ccccc4)c(=S)nc3nc2n1C. The van der Waals surface area contributed by atoms with Crippen molar-refractivity contribution < 1.29 is 0 Å². The molecule has 3 aromatic heterocycles.